The molecule has 140 valence electrons. The maximum atomic E-state index is 13.0. The summed E-state index contributed by atoms with van der Waals surface area (Å²) in [5, 5.41) is 0.624. The Bertz CT molecular complexity index is 1080. The highest BCUT2D eigenvalue weighted by molar-refractivity contribution is 9.10. The molecule has 3 aromatic carbocycles. The van der Waals surface area contributed by atoms with Gasteiger partial charge in [-0.15, -0.1) is 0 Å². The molecule has 4 rings (SSSR count). The maximum Gasteiger partial charge on any atom is 0.162 e. The molecule has 1 aliphatic rings. The lowest BCUT2D eigenvalue weighted by molar-refractivity contribution is -0.119. The zero-order chi connectivity index (χ0) is 19.7. The molecule has 1 unspecified atom stereocenters. The summed E-state index contributed by atoms with van der Waals surface area (Å²) in [6.07, 6.45) is 0.879. The Hall–Kier alpha value is -2.43. The lowest BCUT2D eigenvalue weighted by Gasteiger charge is -2.13. The van der Waals surface area contributed by atoms with E-state index in [1.807, 2.05) is 66.7 Å². The van der Waals surface area contributed by atoms with Gasteiger partial charge in [0.05, 0.1) is 5.71 Å². The first-order valence-electron chi connectivity index (χ1n) is 9.00. The summed E-state index contributed by atoms with van der Waals surface area (Å²) in [6.45, 7) is 0. The van der Waals surface area contributed by atoms with Gasteiger partial charge in [-0.25, -0.2) is 0 Å². The van der Waals surface area contributed by atoms with E-state index < -0.39 is 6.04 Å². The maximum absolute atomic E-state index is 13.0. The third-order valence-corrected chi connectivity index (χ3v) is 5.91. The predicted octanol–water partition coefficient (Wildman–Crippen LogP) is 5.26. The van der Waals surface area contributed by atoms with Crippen LogP contribution in [-0.4, -0.2) is 17.5 Å². The molecule has 1 atom stereocenters. The Labute approximate surface area is 177 Å². The predicted molar refractivity (Wildman–Crippen MR) is 118 cm³/mol. The van der Waals surface area contributed by atoms with E-state index >= 15 is 0 Å². The fourth-order valence-electron chi connectivity index (χ4n) is 3.43. The number of benzene rings is 3. The van der Waals surface area contributed by atoms with Crippen molar-refractivity contribution in [3.63, 3.8) is 0 Å². The average Bonchev–Trinajstić information content (AvgIpc) is 2.81. The minimum absolute atomic E-state index is 0.102. The summed E-state index contributed by atoms with van der Waals surface area (Å²) in [7, 11) is 0. The van der Waals surface area contributed by atoms with Gasteiger partial charge in [0.15, 0.2) is 5.78 Å². The highest BCUT2D eigenvalue weighted by Gasteiger charge is 2.27. The molecule has 3 nitrogen and oxygen atoms in total. The van der Waals surface area contributed by atoms with Crippen LogP contribution < -0.4 is 5.73 Å². The molecule has 0 aliphatic carbocycles. The van der Waals surface area contributed by atoms with Crippen molar-refractivity contribution in [2.75, 3.05) is 5.73 Å². The average molecular weight is 454 g/mol. The van der Waals surface area contributed by atoms with Crippen LogP contribution in [0.25, 0.3) is 0 Å². The van der Waals surface area contributed by atoms with E-state index in [0.29, 0.717) is 23.6 Å². The van der Waals surface area contributed by atoms with Gasteiger partial charge in [-0.3, -0.25) is 9.79 Å². The quantitative estimate of drug-likeness (QED) is 0.550. The number of Topliss-reactive ketones (excluding diaryl/α,β-unsaturated/α-hetero) is 1. The number of carbonyl (C=O) groups is 1. The second-order valence-electron chi connectivity index (χ2n) is 6.86. The van der Waals surface area contributed by atoms with Gasteiger partial charge in [-0.05, 0) is 41.5 Å². The number of halogens is 2. The second kappa shape index (κ2) is 7.90. The van der Waals surface area contributed by atoms with Gasteiger partial charge in [-0.2, -0.15) is 0 Å². The largest absolute Gasteiger partial charge is 0.399 e. The third kappa shape index (κ3) is 3.89. The number of ketones is 1. The molecule has 28 heavy (non-hydrogen) atoms. The molecular weight excluding hydrogens is 436 g/mol. The molecule has 0 bridgehead atoms. The summed E-state index contributed by atoms with van der Waals surface area (Å²) in [4.78, 5) is 18.0. The van der Waals surface area contributed by atoms with Gasteiger partial charge in [-0.1, -0.05) is 63.9 Å². The van der Waals surface area contributed by atoms with Crippen LogP contribution in [0.1, 0.15) is 22.3 Å². The SMILES string of the molecule is Nc1ccc(C2=NC(Cc3ccccc3Br)C(=O)Cc3ccc(Cl)cc32)cc1. The summed E-state index contributed by atoms with van der Waals surface area (Å²) >= 11 is 9.84. The van der Waals surface area contributed by atoms with Crippen LogP contribution in [0.15, 0.2) is 76.2 Å². The van der Waals surface area contributed by atoms with Crippen LogP contribution in [-0.2, 0) is 17.6 Å². The number of carbonyl (C=O) groups excluding carboxylic acids is 1. The number of nitrogen functional groups attached to an aromatic ring is 1. The fourth-order valence-corrected chi connectivity index (χ4v) is 4.05. The van der Waals surface area contributed by atoms with E-state index in [-0.39, 0.29) is 5.78 Å². The van der Waals surface area contributed by atoms with Gasteiger partial charge >= 0.3 is 0 Å². The Morgan fingerprint density at radius 1 is 1.07 bits per heavy atom. The summed E-state index contributed by atoms with van der Waals surface area (Å²) < 4.78 is 0.983. The van der Waals surface area contributed by atoms with Crippen molar-refractivity contribution in [1.82, 2.24) is 0 Å². The number of hydrogen-bond acceptors (Lipinski definition) is 3. The van der Waals surface area contributed by atoms with Crippen molar-refractivity contribution in [3.8, 4) is 0 Å². The first-order chi connectivity index (χ1) is 13.5. The molecule has 2 N–H and O–H groups in total. The number of nitrogens with two attached hydrogens (primary N) is 1. The zero-order valence-corrected chi connectivity index (χ0v) is 17.4. The van der Waals surface area contributed by atoms with Crippen LogP contribution in [0.2, 0.25) is 5.02 Å². The Morgan fingerprint density at radius 2 is 1.82 bits per heavy atom. The normalized spacial score (nSPS) is 16.3. The topological polar surface area (TPSA) is 55.4 Å². The van der Waals surface area contributed by atoms with Gasteiger partial charge in [0.25, 0.3) is 0 Å². The first kappa shape index (κ1) is 18.9. The molecule has 3 aromatic rings. The Balaban J connectivity index is 1.84. The van der Waals surface area contributed by atoms with Crippen molar-refractivity contribution in [2.24, 2.45) is 4.99 Å². The van der Waals surface area contributed by atoms with Gasteiger partial charge < -0.3 is 5.73 Å². The van der Waals surface area contributed by atoms with Crippen LogP contribution in [0.5, 0.6) is 0 Å². The van der Waals surface area contributed by atoms with E-state index in [1.54, 1.807) is 0 Å². The number of fused-ring (bicyclic) bond motifs is 1. The molecule has 1 aliphatic heterocycles. The second-order valence-corrected chi connectivity index (χ2v) is 8.15. The molecule has 0 saturated carbocycles. The monoisotopic (exact) mass is 452 g/mol. The Morgan fingerprint density at radius 3 is 2.57 bits per heavy atom. The van der Waals surface area contributed by atoms with Gasteiger partial charge in [0, 0.05) is 39.2 Å². The fraction of sp³-hybridized carbons (Fsp3) is 0.130. The summed E-state index contributed by atoms with van der Waals surface area (Å²) in [5.74, 6) is 0.102. The molecule has 0 amide bonds. The van der Waals surface area contributed by atoms with Crippen molar-refractivity contribution in [1.29, 1.82) is 0 Å². The molecule has 0 aromatic heterocycles. The molecule has 5 heteroatoms. The highest BCUT2D eigenvalue weighted by Crippen LogP contribution is 2.27. The van der Waals surface area contributed by atoms with Crippen LogP contribution in [0, 0.1) is 0 Å². The molecule has 0 spiro atoms. The number of nitrogens with zero attached hydrogens (tertiary/aromatic N) is 1. The molecule has 0 fully saturated rings. The molecular formula is C23H18BrClN2O. The number of rotatable bonds is 3. The van der Waals surface area contributed by atoms with E-state index in [2.05, 4.69) is 15.9 Å². The van der Waals surface area contributed by atoms with Gasteiger partial charge in [0.1, 0.15) is 6.04 Å². The summed E-state index contributed by atoms with van der Waals surface area (Å²) in [6, 6.07) is 20.7. The Kier molecular flexibility index (Phi) is 5.33. The van der Waals surface area contributed by atoms with Crippen molar-refractivity contribution >= 4 is 44.7 Å². The van der Waals surface area contributed by atoms with Gasteiger partial charge in [0.2, 0.25) is 0 Å². The standard InChI is InChI=1S/C23H18BrClN2O/c24-20-4-2-1-3-16(20)11-21-22(28)12-15-5-8-17(25)13-19(15)23(27-21)14-6-9-18(26)10-7-14/h1-10,13,21H,11-12,26H2. The van der Waals surface area contributed by atoms with Crippen molar-refractivity contribution in [3.05, 3.63) is 98.5 Å². The number of hydrogen-bond donors (Lipinski definition) is 1. The van der Waals surface area contributed by atoms with Crippen molar-refractivity contribution < 1.29 is 4.79 Å². The van der Waals surface area contributed by atoms with E-state index in [1.165, 1.54) is 0 Å². The van der Waals surface area contributed by atoms with E-state index in [9.17, 15) is 4.79 Å². The lowest BCUT2D eigenvalue weighted by Crippen LogP contribution is -2.23. The number of aliphatic imine (C=N–C) groups is 1. The van der Waals surface area contributed by atoms with Crippen LogP contribution >= 0.6 is 27.5 Å². The molecule has 1 heterocycles. The first-order valence-corrected chi connectivity index (χ1v) is 10.2. The summed E-state index contributed by atoms with van der Waals surface area (Å²) in [5.41, 5.74) is 11.1. The minimum atomic E-state index is -0.461. The van der Waals surface area contributed by atoms with Crippen molar-refractivity contribution in [2.45, 2.75) is 18.9 Å². The molecule has 0 saturated heterocycles. The minimum Gasteiger partial charge on any atom is -0.399 e. The zero-order valence-electron chi connectivity index (χ0n) is 15.0. The third-order valence-electron chi connectivity index (χ3n) is 4.90. The van der Waals surface area contributed by atoms with Crippen LogP contribution in [0.4, 0.5) is 5.69 Å². The highest BCUT2D eigenvalue weighted by atomic mass is 79.9. The molecule has 0 radical (unpaired) electrons. The number of anilines is 1. The van der Waals surface area contributed by atoms with Crippen LogP contribution in [0.3, 0.4) is 0 Å². The smallest absolute Gasteiger partial charge is 0.162 e. The van der Waals surface area contributed by atoms with E-state index in [4.69, 9.17) is 22.3 Å². The van der Waals surface area contributed by atoms with E-state index in [0.717, 1.165) is 32.4 Å². The lowest BCUT2D eigenvalue weighted by atomic mass is 9.95.